The van der Waals surface area contributed by atoms with E-state index in [2.05, 4.69) is 54.5 Å². The van der Waals surface area contributed by atoms with E-state index >= 15 is 0 Å². The van der Waals surface area contributed by atoms with Crippen LogP contribution in [0.25, 0.3) is 6.08 Å². The van der Waals surface area contributed by atoms with Crippen LogP contribution in [0.4, 0.5) is 4.79 Å². The maximum atomic E-state index is 13.1. The van der Waals surface area contributed by atoms with E-state index in [9.17, 15) is 4.79 Å². The van der Waals surface area contributed by atoms with Gasteiger partial charge in [0.25, 0.3) is 0 Å². The molecule has 5 heteroatoms. The van der Waals surface area contributed by atoms with E-state index in [0.29, 0.717) is 13.2 Å². The van der Waals surface area contributed by atoms with Gasteiger partial charge < -0.3 is 19.9 Å². The molecule has 1 aromatic carbocycles. The number of carbonyl (C=O) groups is 1. The lowest BCUT2D eigenvalue weighted by molar-refractivity contribution is 0.100. The van der Waals surface area contributed by atoms with Crippen molar-refractivity contribution in [3.05, 3.63) is 41.0 Å². The van der Waals surface area contributed by atoms with E-state index in [1.165, 1.54) is 16.7 Å². The number of urea groups is 1. The lowest BCUT2D eigenvalue weighted by Gasteiger charge is -2.38. The van der Waals surface area contributed by atoms with E-state index in [1.807, 2.05) is 4.90 Å². The molecule has 1 saturated heterocycles. The molecule has 2 aliphatic rings. The molecule has 0 spiro atoms. The quantitative estimate of drug-likeness (QED) is 0.833. The number of carbonyl (C=O) groups excluding carboxylic acids is 1. The molecule has 3 rings (SSSR count). The summed E-state index contributed by atoms with van der Waals surface area (Å²) in [6, 6.07) is 6.72. The van der Waals surface area contributed by atoms with Gasteiger partial charge in [-0.2, -0.15) is 0 Å². The largest absolute Gasteiger partial charge is 0.383 e. The Balaban J connectivity index is 1.70. The minimum absolute atomic E-state index is 0.0199. The molecule has 1 aromatic rings. The molecule has 1 aliphatic heterocycles. The van der Waals surface area contributed by atoms with Crippen LogP contribution in [0.1, 0.15) is 48.9 Å². The van der Waals surface area contributed by atoms with Crippen molar-refractivity contribution >= 4 is 12.1 Å². The molecule has 27 heavy (non-hydrogen) atoms. The molecule has 5 nitrogen and oxygen atoms in total. The number of hydrogen-bond donors (Lipinski definition) is 1. The molecule has 1 aliphatic carbocycles. The number of rotatable bonds is 6. The summed E-state index contributed by atoms with van der Waals surface area (Å²) in [5, 5.41) is 3.25. The minimum Gasteiger partial charge on any atom is -0.383 e. The first kappa shape index (κ1) is 19.9. The van der Waals surface area contributed by atoms with Gasteiger partial charge in [0.05, 0.1) is 12.6 Å². The molecule has 2 amide bonds. The summed E-state index contributed by atoms with van der Waals surface area (Å²) >= 11 is 0. The van der Waals surface area contributed by atoms with Crippen LogP contribution in [0.3, 0.4) is 0 Å². The van der Waals surface area contributed by atoms with E-state index < -0.39 is 0 Å². The number of fused-ring (bicyclic) bond motifs is 1. The molecule has 0 bridgehead atoms. The van der Waals surface area contributed by atoms with Crippen molar-refractivity contribution in [1.29, 1.82) is 0 Å². The monoisotopic (exact) mass is 371 g/mol. The Labute approximate surface area is 163 Å². The summed E-state index contributed by atoms with van der Waals surface area (Å²) in [5.41, 5.74) is 3.86. The Hall–Kier alpha value is -1.85. The van der Waals surface area contributed by atoms with E-state index in [4.69, 9.17) is 4.74 Å². The lowest BCUT2D eigenvalue weighted by Crippen LogP contribution is -2.51. The minimum atomic E-state index is -0.0218. The first-order chi connectivity index (χ1) is 13.1. The third-order valence-electron chi connectivity index (χ3n) is 5.83. The van der Waals surface area contributed by atoms with Gasteiger partial charge in [0.15, 0.2) is 0 Å². The lowest BCUT2D eigenvalue weighted by atomic mass is 9.90. The normalized spacial score (nSPS) is 18.8. The second kappa shape index (κ2) is 9.38. The highest BCUT2D eigenvalue weighted by atomic mass is 16.5. The van der Waals surface area contributed by atoms with Crippen molar-refractivity contribution in [3.63, 3.8) is 0 Å². The maximum Gasteiger partial charge on any atom is 0.318 e. The average Bonchev–Trinajstić information content (AvgIpc) is 2.69. The van der Waals surface area contributed by atoms with Crippen LogP contribution < -0.4 is 5.32 Å². The van der Waals surface area contributed by atoms with Gasteiger partial charge in [-0.3, -0.25) is 0 Å². The predicted octanol–water partition coefficient (Wildman–Crippen LogP) is 3.46. The van der Waals surface area contributed by atoms with E-state index in [-0.39, 0.29) is 18.1 Å². The SMILES string of the molecule is COCCN(C(=O)NC(C)c1cccc2c1C=CCC2)C1CCN(C)CC1. The van der Waals surface area contributed by atoms with Crippen molar-refractivity contribution < 1.29 is 9.53 Å². The second-order valence-corrected chi connectivity index (χ2v) is 7.75. The standard InChI is InChI=1S/C22H33N3O2/c1-17(20-10-6-8-18-7-4-5-9-21(18)20)23-22(26)25(15-16-27-3)19-11-13-24(2)14-12-19/h5-6,8-10,17,19H,4,7,11-16H2,1-3H3,(H,23,26). The van der Waals surface area contributed by atoms with Gasteiger partial charge in [-0.05, 0) is 69.4 Å². The number of allylic oxidation sites excluding steroid dienone is 1. The van der Waals surface area contributed by atoms with Crippen LogP contribution >= 0.6 is 0 Å². The van der Waals surface area contributed by atoms with Crippen LogP contribution in [0.15, 0.2) is 24.3 Å². The number of nitrogens with zero attached hydrogens (tertiary/aromatic N) is 2. The van der Waals surface area contributed by atoms with Gasteiger partial charge in [-0.15, -0.1) is 0 Å². The van der Waals surface area contributed by atoms with Crippen molar-refractivity contribution in [2.24, 2.45) is 0 Å². The molecular weight excluding hydrogens is 338 g/mol. The van der Waals surface area contributed by atoms with Gasteiger partial charge in [0.2, 0.25) is 0 Å². The number of benzene rings is 1. The van der Waals surface area contributed by atoms with Gasteiger partial charge in [0, 0.05) is 19.7 Å². The van der Waals surface area contributed by atoms with Crippen LogP contribution in [-0.4, -0.2) is 62.3 Å². The Morgan fingerprint density at radius 3 is 2.89 bits per heavy atom. The molecule has 1 heterocycles. The number of ether oxygens (including phenoxy) is 1. The maximum absolute atomic E-state index is 13.1. The number of amides is 2. The topological polar surface area (TPSA) is 44.8 Å². The summed E-state index contributed by atoms with van der Waals surface area (Å²) in [4.78, 5) is 17.4. The zero-order valence-corrected chi connectivity index (χ0v) is 16.9. The van der Waals surface area contributed by atoms with Crippen LogP contribution in [0, 0.1) is 0 Å². The molecule has 1 unspecified atom stereocenters. The summed E-state index contributed by atoms with van der Waals surface area (Å²) in [5.74, 6) is 0. The van der Waals surface area contributed by atoms with Crippen molar-refractivity contribution in [2.45, 2.75) is 44.7 Å². The van der Waals surface area contributed by atoms with Gasteiger partial charge >= 0.3 is 6.03 Å². The number of piperidine rings is 1. The second-order valence-electron chi connectivity index (χ2n) is 7.75. The van der Waals surface area contributed by atoms with Crippen LogP contribution in [-0.2, 0) is 11.2 Å². The molecule has 1 N–H and O–H groups in total. The highest BCUT2D eigenvalue weighted by Crippen LogP contribution is 2.27. The number of hydrogen-bond acceptors (Lipinski definition) is 3. The van der Waals surface area contributed by atoms with Crippen molar-refractivity contribution in [3.8, 4) is 0 Å². The summed E-state index contributed by atoms with van der Waals surface area (Å²) in [6.45, 7) is 5.36. The molecule has 1 atom stereocenters. The zero-order valence-electron chi connectivity index (χ0n) is 16.9. The molecule has 0 radical (unpaired) electrons. The first-order valence-corrected chi connectivity index (χ1v) is 10.1. The molecule has 1 fully saturated rings. The van der Waals surface area contributed by atoms with Crippen molar-refractivity contribution in [2.75, 3.05) is 40.4 Å². The third kappa shape index (κ3) is 4.90. The first-order valence-electron chi connectivity index (χ1n) is 10.1. The Kier molecular flexibility index (Phi) is 6.91. The fourth-order valence-electron chi connectivity index (χ4n) is 4.16. The third-order valence-corrected chi connectivity index (χ3v) is 5.83. The molecule has 0 saturated carbocycles. The van der Waals surface area contributed by atoms with Crippen LogP contribution in [0.5, 0.6) is 0 Å². The summed E-state index contributed by atoms with van der Waals surface area (Å²) in [6.07, 6.45) is 8.64. The number of methoxy groups -OCH3 is 1. The molecule has 148 valence electrons. The molecule has 0 aromatic heterocycles. The number of nitrogens with one attached hydrogen (secondary N) is 1. The zero-order chi connectivity index (χ0) is 19.2. The fraction of sp³-hybridized carbons (Fsp3) is 0.591. The van der Waals surface area contributed by atoms with E-state index in [1.54, 1.807) is 7.11 Å². The Bertz CT molecular complexity index is 666. The van der Waals surface area contributed by atoms with Gasteiger partial charge in [-0.25, -0.2) is 4.79 Å². The Morgan fingerprint density at radius 1 is 1.37 bits per heavy atom. The number of likely N-dealkylation sites (tertiary alicyclic amines) is 1. The highest BCUT2D eigenvalue weighted by molar-refractivity contribution is 5.75. The number of aryl methyl sites for hydroxylation is 1. The van der Waals surface area contributed by atoms with Gasteiger partial charge in [-0.1, -0.05) is 30.4 Å². The smallest absolute Gasteiger partial charge is 0.318 e. The predicted molar refractivity (Wildman–Crippen MR) is 110 cm³/mol. The highest BCUT2D eigenvalue weighted by Gasteiger charge is 2.28. The van der Waals surface area contributed by atoms with Crippen molar-refractivity contribution in [1.82, 2.24) is 15.1 Å². The average molecular weight is 372 g/mol. The summed E-state index contributed by atoms with van der Waals surface area (Å²) in [7, 11) is 3.83. The van der Waals surface area contributed by atoms with Crippen LogP contribution in [0.2, 0.25) is 0 Å². The fourth-order valence-corrected chi connectivity index (χ4v) is 4.16. The van der Waals surface area contributed by atoms with Gasteiger partial charge in [0.1, 0.15) is 0 Å². The summed E-state index contributed by atoms with van der Waals surface area (Å²) < 4.78 is 5.26. The Morgan fingerprint density at radius 2 is 2.15 bits per heavy atom. The molecular formula is C22H33N3O2. The van der Waals surface area contributed by atoms with E-state index in [0.717, 1.165) is 38.8 Å².